The lowest BCUT2D eigenvalue weighted by Gasteiger charge is -2.19. The van der Waals surface area contributed by atoms with Crippen LogP contribution in [0.1, 0.15) is 19.3 Å². The highest BCUT2D eigenvalue weighted by atomic mass is 32.2. The summed E-state index contributed by atoms with van der Waals surface area (Å²) in [5.74, 6) is 0. The van der Waals surface area contributed by atoms with Crippen LogP contribution in [0.2, 0.25) is 0 Å². The molecule has 1 aliphatic rings. The Morgan fingerprint density at radius 1 is 1.50 bits per heavy atom. The Morgan fingerprint density at radius 2 is 2.17 bits per heavy atom. The van der Waals surface area contributed by atoms with Gasteiger partial charge in [0.2, 0.25) is 0 Å². The molecule has 0 aromatic heterocycles. The smallest absolute Gasteiger partial charge is 0.0477 e. The van der Waals surface area contributed by atoms with Crippen LogP contribution < -0.4 is 0 Å². The van der Waals surface area contributed by atoms with E-state index in [0.717, 1.165) is 12.8 Å². The molecule has 0 aromatic carbocycles. The predicted molar refractivity (Wildman–Crippen MR) is 26.3 cm³/mol. The minimum atomic E-state index is 0.366. The van der Waals surface area contributed by atoms with E-state index >= 15 is 0 Å². The van der Waals surface area contributed by atoms with Crippen molar-refractivity contribution < 1.29 is 3.89 Å². The molecule has 1 aliphatic carbocycles. The Kier molecular flexibility index (Phi) is 1.35. The molecule has 1 rings (SSSR count). The normalized spacial score (nSPS) is 23.5. The maximum atomic E-state index is 11.4. The molecular weight excluding hydrogens is 99.1 g/mol. The fourth-order valence-corrected chi connectivity index (χ4v) is 0.971. The van der Waals surface area contributed by atoms with Gasteiger partial charge in [-0.1, -0.05) is 6.42 Å². The van der Waals surface area contributed by atoms with Crippen molar-refractivity contribution in [2.75, 3.05) is 0 Å². The molecule has 0 aromatic rings. The van der Waals surface area contributed by atoms with Gasteiger partial charge in [-0.25, -0.2) is 0 Å². The van der Waals surface area contributed by atoms with Crippen molar-refractivity contribution >= 4 is 12.1 Å². The highest BCUT2D eigenvalue weighted by Gasteiger charge is 2.17. The zero-order valence-electron chi connectivity index (χ0n) is 3.48. The van der Waals surface area contributed by atoms with Gasteiger partial charge in [-0.15, -0.1) is 0 Å². The molecule has 36 valence electrons. The summed E-state index contributed by atoms with van der Waals surface area (Å²) in [6.45, 7) is 0. The van der Waals surface area contributed by atoms with Gasteiger partial charge in [-0.05, 0) is 12.8 Å². The summed E-state index contributed by atoms with van der Waals surface area (Å²) in [6.07, 6.45) is 3.43. The monoisotopic (exact) mass is 106 g/mol. The van der Waals surface area contributed by atoms with Crippen LogP contribution in [0, 0.1) is 0 Å². The second-order valence-corrected chi connectivity index (χ2v) is 2.49. The fourth-order valence-electron chi connectivity index (χ4n) is 0.460. The standard InChI is InChI=1S/C4H7FS/c5-6-4-2-1-3-4/h4H,1-3H2. The summed E-state index contributed by atoms with van der Waals surface area (Å²) >= 11 is 0.512. The van der Waals surface area contributed by atoms with Crippen LogP contribution in [0.25, 0.3) is 0 Å². The maximum Gasteiger partial charge on any atom is 0.0477 e. The van der Waals surface area contributed by atoms with Crippen LogP contribution in [0.5, 0.6) is 0 Å². The third kappa shape index (κ3) is 0.672. The van der Waals surface area contributed by atoms with Crippen molar-refractivity contribution in [1.82, 2.24) is 0 Å². The van der Waals surface area contributed by atoms with Crippen molar-refractivity contribution in [2.24, 2.45) is 0 Å². The highest BCUT2D eigenvalue weighted by molar-refractivity contribution is 7.95. The van der Waals surface area contributed by atoms with E-state index < -0.39 is 0 Å². The van der Waals surface area contributed by atoms with Crippen LogP contribution in [-0.2, 0) is 0 Å². The second kappa shape index (κ2) is 1.82. The molecule has 0 atom stereocenters. The van der Waals surface area contributed by atoms with Crippen molar-refractivity contribution in [2.45, 2.75) is 24.5 Å². The Morgan fingerprint density at radius 3 is 2.17 bits per heavy atom. The highest BCUT2D eigenvalue weighted by Crippen LogP contribution is 2.31. The van der Waals surface area contributed by atoms with Crippen LogP contribution in [0.4, 0.5) is 3.89 Å². The van der Waals surface area contributed by atoms with Gasteiger partial charge in [0.05, 0.1) is 0 Å². The number of rotatable bonds is 1. The van der Waals surface area contributed by atoms with Gasteiger partial charge >= 0.3 is 0 Å². The molecule has 2 heteroatoms. The first-order valence-electron chi connectivity index (χ1n) is 2.21. The second-order valence-electron chi connectivity index (χ2n) is 1.64. The molecular formula is C4H7FS. The minimum Gasteiger partial charge on any atom is -0.165 e. The molecule has 0 bridgehead atoms. The van der Waals surface area contributed by atoms with Crippen LogP contribution in [-0.4, -0.2) is 5.25 Å². The van der Waals surface area contributed by atoms with E-state index in [-0.39, 0.29) is 0 Å². The van der Waals surface area contributed by atoms with E-state index in [1.54, 1.807) is 0 Å². The van der Waals surface area contributed by atoms with Gasteiger partial charge in [0.1, 0.15) is 0 Å². The van der Waals surface area contributed by atoms with E-state index in [1.807, 2.05) is 0 Å². The third-order valence-electron chi connectivity index (χ3n) is 1.18. The predicted octanol–water partition coefficient (Wildman–Crippen LogP) is 2.16. The minimum absolute atomic E-state index is 0.366. The zero-order valence-corrected chi connectivity index (χ0v) is 4.30. The summed E-state index contributed by atoms with van der Waals surface area (Å²) in [4.78, 5) is 0. The summed E-state index contributed by atoms with van der Waals surface area (Å²) < 4.78 is 11.4. The molecule has 0 spiro atoms. The quantitative estimate of drug-likeness (QED) is 0.493. The number of halogens is 1. The van der Waals surface area contributed by atoms with Crippen LogP contribution in [0.15, 0.2) is 0 Å². The Hall–Kier alpha value is 0.280. The fraction of sp³-hybridized carbons (Fsp3) is 1.00. The number of hydrogen-bond acceptors (Lipinski definition) is 1. The molecule has 6 heavy (non-hydrogen) atoms. The van der Waals surface area contributed by atoms with E-state index in [4.69, 9.17) is 0 Å². The maximum absolute atomic E-state index is 11.4. The topological polar surface area (TPSA) is 0 Å². The molecule has 1 saturated carbocycles. The van der Waals surface area contributed by atoms with E-state index in [2.05, 4.69) is 0 Å². The first-order valence-corrected chi connectivity index (χ1v) is 2.99. The summed E-state index contributed by atoms with van der Waals surface area (Å²) in [5.41, 5.74) is 0. The molecule has 0 radical (unpaired) electrons. The van der Waals surface area contributed by atoms with Crippen molar-refractivity contribution in [3.63, 3.8) is 0 Å². The molecule has 0 nitrogen and oxygen atoms in total. The average Bonchev–Trinajstić information content (AvgIpc) is 1.31. The summed E-state index contributed by atoms with van der Waals surface area (Å²) in [5, 5.41) is 0.366. The van der Waals surface area contributed by atoms with Crippen molar-refractivity contribution in [3.8, 4) is 0 Å². The Labute approximate surface area is 41.4 Å². The van der Waals surface area contributed by atoms with Gasteiger partial charge in [-0.3, -0.25) is 0 Å². The Balaban J connectivity index is 2.01. The molecule has 0 aliphatic heterocycles. The van der Waals surface area contributed by atoms with E-state index in [0.29, 0.717) is 17.4 Å². The van der Waals surface area contributed by atoms with Crippen LogP contribution in [0.3, 0.4) is 0 Å². The molecule has 0 amide bonds. The summed E-state index contributed by atoms with van der Waals surface area (Å²) in [6, 6.07) is 0. The lowest BCUT2D eigenvalue weighted by molar-refractivity contribution is 0.515. The Bertz CT molecular complexity index is 40.1. The van der Waals surface area contributed by atoms with E-state index in [1.165, 1.54) is 6.42 Å². The SMILES string of the molecule is FSC1CCC1. The van der Waals surface area contributed by atoms with Crippen molar-refractivity contribution in [3.05, 3.63) is 0 Å². The molecule has 0 N–H and O–H groups in total. The van der Waals surface area contributed by atoms with Gasteiger partial charge in [-0.2, -0.15) is 3.89 Å². The first kappa shape index (κ1) is 4.44. The zero-order chi connectivity index (χ0) is 4.41. The third-order valence-corrected chi connectivity index (χ3v) is 1.90. The average molecular weight is 106 g/mol. The van der Waals surface area contributed by atoms with Crippen molar-refractivity contribution in [1.29, 1.82) is 0 Å². The largest absolute Gasteiger partial charge is 0.165 e. The van der Waals surface area contributed by atoms with E-state index in [9.17, 15) is 3.89 Å². The van der Waals surface area contributed by atoms with Gasteiger partial charge in [0, 0.05) is 17.4 Å². The lowest BCUT2D eigenvalue weighted by Crippen LogP contribution is -2.10. The first-order chi connectivity index (χ1) is 2.93. The van der Waals surface area contributed by atoms with Gasteiger partial charge in [0.15, 0.2) is 0 Å². The van der Waals surface area contributed by atoms with Gasteiger partial charge < -0.3 is 0 Å². The molecule has 0 unspecified atom stereocenters. The molecule has 0 saturated heterocycles. The summed E-state index contributed by atoms with van der Waals surface area (Å²) in [7, 11) is 0. The lowest BCUT2D eigenvalue weighted by atomic mass is 10.0. The molecule has 1 fully saturated rings. The number of hydrogen-bond donors (Lipinski definition) is 0. The van der Waals surface area contributed by atoms with Crippen LogP contribution >= 0.6 is 12.1 Å². The molecule has 0 heterocycles. The van der Waals surface area contributed by atoms with Gasteiger partial charge in [0.25, 0.3) is 0 Å².